The molecule has 108 heavy (non-hydrogen) atoms. The molecule has 0 rings (SSSR count). The zero-order valence-corrected chi connectivity index (χ0v) is 66.2. The van der Waals surface area contributed by atoms with Gasteiger partial charge in [-0.2, -0.15) is 22.2 Å². The molecule has 0 fully saturated rings. The fraction of sp³-hybridized carbons (Fsp3) is 1.00. The van der Waals surface area contributed by atoms with Crippen molar-refractivity contribution in [2.75, 3.05) is 198 Å². The maximum Gasteiger partial charge on any atom is 0.268 e. The van der Waals surface area contributed by atoms with Crippen LogP contribution in [0.5, 0.6) is 0 Å². The van der Waals surface area contributed by atoms with Crippen molar-refractivity contribution in [2.45, 2.75) is 0 Å². The molecule has 0 amide bonds. The Morgan fingerprint density at radius 3 is 0.444 bits per heavy atom. The highest BCUT2D eigenvalue weighted by Crippen LogP contribution is 2.48. The van der Waals surface area contributed by atoms with Gasteiger partial charge in [-0.25, -0.2) is 0 Å². The van der Waals surface area contributed by atoms with Gasteiger partial charge in [0, 0.05) is 56.5 Å². The third-order valence-corrected chi connectivity index (χ3v) is 22.5. The van der Waals surface area contributed by atoms with Gasteiger partial charge in [-0.3, -0.25) is 59.3 Å². The molecule has 17 unspecified atom stereocenters. The van der Waals surface area contributed by atoms with Crippen LogP contribution < -0.4 is 85.8 Å². The first-order valence-corrected chi connectivity index (χ1v) is 47.6. The van der Waals surface area contributed by atoms with E-state index in [9.17, 15) is 141 Å². The molecule has 0 aliphatic heterocycles. The predicted octanol–water partition coefficient (Wildman–Crippen LogP) is -7.16. The van der Waals surface area contributed by atoms with Crippen LogP contribution in [0.1, 0.15) is 0 Å². The van der Waals surface area contributed by atoms with Crippen LogP contribution >= 0.6 is 102 Å². The Labute approximate surface area is 607 Å². The first-order valence-electron chi connectivity index (χ1n) is 28.6. The fourth-order valence-electron chi connectivity index (χ4n) is 5.62. The first-order chi connectivity index (χ1) is 49.8. The van der Waals surface area contributed by atoms with E-state index in [0.717, 1.165) is 16.6 Å². The van der Waals surface area contributed by atoms with Gasteiger partial charge in [0.1, 0.15) is 0 Å². The summed E-state index contributed by atoms with van der Waals surface area (Å²) in [5, 5.41) is 9.02. The van der Waals surface area contributed by atoms with Gasteiger partial charge >= 0.3 is 0 Å². The molecule has 0 aliphatic carbocycles. The highest BCUT2D eigenvalue weighted by atomic mass is 31.2. The van der Waals surface area contributed by atoms with Gasteiger partial charge in [0.25, 0.3) is 102 Å². The predicted molar refractivity (Wildman–Crippen MR) is 307 cm³/mol. The summed E-state index contributed by atoms with van der Waals surface area (Å²) in [6, 6.07) is 0. The minimum atomic E-state index is -5.46. The molecule has 650 valence electrons. The zero-order chi connectivity index (χ0) is 82.5. The Morgan fingerprint density at radius 1 is 0.213 bits per heavy atom. The van der Waals surface area contributed by atoms with E-state index in [2.05, 4.69) is 113 Å². The minimum Gasteiger partial charge on any atom is -0.756 e. The quantitative estimate of drug-likeness (QED) is 0.0143. The van der Waals surface area contributed by atoms with Crippen molar-refractivity contribution in [2.24, 2.45) is 23.7 Å². The van der Waals surface area contributed by atoms with Crippen LogP contribution in [0.15, 0.2) is 0 Å². The molecule has 0 radical (unpaired) electrons. The Balaban J connectivity index is 4.53. The normalized spacial score (nSPS) is 20.9. The van der Waals surface area contributed by atoms with E-state index in [4.69, 9.17) is 10.00 Å². The summed E-state index contributed by atoms with van der Waals surface area (Å²) in [7, 11) is -69.5. The van der Waals surface area contributed by atoms with Gasteiger partial charge in [0.2, 0.25) is 0 Å². The smallest absolute Gasteiger partial charge is 0.268 e. The van der Waals surface area contributed by atoms with E-state index in [1.54, 1.807) is 0 Å². The number of rotatable bonds is 75. The van der Waals surface area contributed by atoms with Crippen molar-refractivity contribution in [1.29, 1.82) is 0 Å². The van der Waals surface area contributed by atoms with Crippen LogP contribution in [-0.2, 0) is 172 Å². The van der Waals surface area contributed by atoms with Gasteiger partial charge in [-0.1, -0.05) is 0 Å². The lowest BCUT2D eigenvalue weighted by atomic mass is 10.2. The third-order valence-electron chi connectivity index (χ3n) is 10.2. The summed E-state index contributed by atoms with van der Waals surface area (Å²) in [6.45, 7) is -30.3. The number of hydrogen-bond donors (Lipinski definition) is 6. The molecule has 0 aromatic heterocycles. The van der Waals surface area contributed by atoms with Crippen LogP contribution in [0, 0.1) is 23.7 Å². The average molecular weight is 1860 g/mol. The third kappa shape index (κ3) is 63.1. The summed E-state index contributed by atoms with van der Waals surface area (Å²) in [5.74, 6) is -5.30. The summed E-state index contributed by atoms with van der Waals surface area (Å²) in [5.41, 5.74) is 4.38. The van der Waals surface area contributed by atoms with E-state index in [-0.39, 0.29) is 0 Å². The molecular weight excluding hydrogens is 1790 g/mol. The van der Waals surface area contributed by atoms with Gasteiger partial charge in [-0.05, 0) is 0 Å². The Bertz CT molecular complexity index is 3180. The molecule has 0 heterocycles. The van der Waals surface area contributed by atoms with Crippen molar-refractivity contribution in [3.8, 4) is 0 Å². The van der Waals surface area contributed by atoms with Crippen molar-refractivity contribution < 1.29 is 264 Å². The molecule has 0 spiro atoms. The van der Waals surface area contributed by atoms with E-state index < -0.39 is 323 Å². The number of hydrogen-bond acceptors (Lipinski definition) is 56. The topological polar surface area (TPSA) is 841 Å². The molecule has 74 heteroatoms. The summed E-state index contributed by atoms with van der Waals surface area (Å²) in [4.78, 5) is 163. The Hall–Kier alpha value is 0.950. The van der Waals surface area contributed by atoms with E-state index in [1.165, 1.54) is 5.54 Å². The van der Waals surface area contributed by atoms with Crippen molar-refractivity contribution in [1.82, 2.24) is 22.2 Å². The zero-order valence-electron chi connectivity index (χ0n) is 54.6. The number of aliphatic hydroxyl groups excluding tert-OH is 1. The second kappa shape index (κ2) is 54.9. The Morgan fingerprint density at radius 2 is 0.324 bits per heavy atom. The van der Waals surface area contributed by atoms with Crippen molar-refractivity contribution >= 4 is 102 Å². The molecule has 57 nitrogen and oxygen atoms in total. The molecule has 0 aromatic rings. The average Bonchev–Trinajstić information content (AvgIpc) is 0.840. The van der Waals surface area contributed by atoms with Crippen LogP contribution in [-0.4, -0.2) is 208 Å². The minimum absolute atomic E-state index is 0.490. The number of aliphatic hydroxyl groups is 1. The molecular formula is C34H70F4N4O53P13-13. The molecule has 0 saturated heterocycles. The molecule has 0 saturated carbocycles. The lowest BCUT2D eigenvalue weighted by Gasteiger charge is -2.29. The highest BCUT2D eigenvalue weighted by Gasteiger charge is 2.26. The second-order valence-corrected chi connectivity index (χ2v) is 37.0. The lowest BCUT2D eigenvalue weighted by Crippen LogP contribution is -2.28. The lowest BCUT2D eigenvalue weighted by molar-refractivity contribution is -0.239. The number of phosphoric ester groups is 13. The van der Waals surface area contributed by atoms with Crippen LogP contribution in [0.25, 0.3) is 0 Å². The summed E-state index contributed by atoms with van der Waals surface area (Å²) in [6.07, 6.45) is 0. The maximum absolute atomic E-state index is 13.0. The van der Waals surface area contributed by atoms with E-state index in [1.807, 2.05) is 0 Å². The summed E-state index contributed by atoms with van der Waals surface area (Å²) < 4.78 is 313. The maximum atomic E-state index is 13.0. The van der Waals surface area contributed by atoms with Crippen LogP contribution in [0.4, 0.5) is 17.9 Å². The highest BCUT2D eigenvalue weighted by molar-refractivity contribution is 7.49. The molecule has 6 N–H and O–H groups in total. The standard InChI is InChI=1S/C34H83F4N4O53P13/c35-39-19-31(23-43)24-90-103(59,60)83-15-16-86-106(65,66)93-29-34(22-42-38)30-95-108(69,70)88-18-17-87-107(67,68)94-28-33(21-41-37)27-92-105(63,64)85-14-12-82-102(57,58)80-10-8-78-100(53,54)76-6-4-74-98(49,50)72-2-1-71-97(47,48)73-3-5-75-99(51,52)77-7-9-79-101(55,56)81-11-13-84-104(61,62)91-26-32(20-40-36)25-89-96(44,45)46/h31-34,39-43H,1-30H2,(H,47,48)(H,49,50)(H,51,52)(H,53,54)(H,55,56)(H,57,58)(H,59,60)(H,61,62)(H,63,64)(H,65,66)(H,67,68)(H,69,70)(H2,44,45,46)/p-13. The number of phosphoric acid groups is 13. The molecule has 0 bridgehead atoms. The van der Waals surface area contributed by atoms with Crippen molar-refractivity contribution in [3.05, 3.63) is 0 Å². The second-order valence-electron chi connectivity index (χ2n) is 18.9. The molecule has 0 aromatic carbocycles. The Kier molecular flexibility index (Phi) is 55.4. The van der Waals surface area contributed by atoms with Crippen LogP contribution in [0.3, 0.4) is 0 Å². The summed E-state index contributed by atoms with van der Waals surface area (Å²) >= 11 is 0. The first kappa shape index (κ1) is 109. The van der Waals surface area contributed by atoms with Crippen LogP contribution in [0.2, 0.25) is 0 Å². The van der Waals surface area contributed by atoms with E-state index >= 15 is 0 Å². The van der Waals surface area contributed by atoms with Gasteiger partial charge in [0.05, 0.1) is 165 Å². The number of halogens is 4. The number of nitrogens with one attached hydrogen (secondary N) is 4. The fourth-order valence-corrected chi connectivity index (χ4v) is 14.6. The largest absolute Gasteiger partial charge is 0.756 e. The molecule has 17 atom stereocenters. The molecule has 0 aliphatic rings. The van der Waals surface area contributed by atoms with Gasteiger partial charge in [0.15, 0.2) is 0 Å². The SMILES string of the molecule is O=P([O-])(O)OCC(CNF)COP(=O)([O-])OCCOP(=O)([O-])OCCOP(=O)([O-])OCCOP(=O)([O-])OCCOP(=O)([O-])OCCOP(=O)([O-])OCCOP(=O)([O-])OCCOP(=O)([O-])OCC(CNF)COP(=O)([O-])OCCOP(=O)([O-])OCC(CNF)COP(=O)([O-])OCCOP(=O)([O-])OCC(CO)CNF. The van der Waals surface area contributed by atoms with E-state index in [0.29, 0.717) is 0 Å². The monoisotopic (exact) mass is 1860 g/mol. The van der Waals surface area contributed by atoms with Crippen molar-refractivity contribution in [3.63, 3.8) is 0 Å². The van der Waals surface area contributed by atoms with Gasteiger partial charge in [-0.15, -0.1) is 17.9 Å². The van der Waals surface area contributed by atoms with Gasteiger partial charge < -0.3 is 187 Å².